The first-order chi connectivity index (χ1) is 8.41. The molecule has 4 N–H and O–H groups in total. The molecule has 0 aromatic carbocycles. The number of nitrogens with two attached hydrogens (primary N) is 1. The van der Waals surface area contributed by atoms with E-state index in [2.05, 4.69) is 5.32 Å². The molecule has 1 amide bonds. The van der Waals surface area contributed by atoms with Crippen LogP contribution in [0.25, 0.3) is 0 Å². The molecule has 0 aliphatic heterocycles. The van der Waals surface area contributed by atoms with Gasteiger partial charge in [-0.05, 0) is 19.8 Å². The fourth-order valence-electron chi connectivity index (χ4n) is 2.35. The summed E-state index contributed by atoms with van der Waals surface area (Å²) >= 11 is 0. The SMILES string of the molecule is COCC(N)C(=O)NC1CCCCC1(C)C(=O)O. The van der Waals surface area contributed by atoms with Crippen LogP contribution in [0.4, 0.5) is 0 Å². The van der Waals surface area contributed by atoms with Crippen LogP contribution in [-0.4, -0.2) is 42.8 Å². The van der Waals surface area contributed by atoms with E-state index in [1.165, 1.54) is 7.11 Å². The Kier molecular flexibility index (Phi) is 5.10. The van der Waals surface area contributed by atoms with Gasteiger partial charge in [0.2, 0.25) is 5.91 Å². The van der Waals surface area contributed by atoms with E-state index in [9.17, 15) is 14.7 Å². The molecule has 0 spiro atoms. The summed E-state index contributed by atoms with van der Waals surface area (Å²) in [5, 5.41) is 12.1. The molecule has 1 rings (SSSR count). The molecule has 0 aromatic heterocycles. The van der Waals surface area contributed by atoms with Gasteiger partial charge in [-0.1, -0.05) is 12.8 Å². The number of carbonyl (C=O) groups is 2. The van der Waals surface area contributed by atoms with Crippen molar-refractivity contribution < 1.29 is 19.4 Å². The van der Waals surface area contributed by atoms with E-state index in [0.717, 1.165) is 12.8 Å². The van der Waals surface area contributed by atoms with Crippen molar-refractivity contribution in [3.05, 3.63) is 0 Å². The smallest absolute Gasteiger partial charge is 0.311 e. The number of rotatable bonds is 5. The normalized spacial score (nSPS) is 29.6. The van der Waals surface area contributed by atoms with Crippen LogP contribution in [0.5, 0.6) is 0 Å². The average Bonchev–Trinajstić information content (AvgIpc) is 2.32. The lowest BCUT2D eigenvalue weighted by molar-refractivity contribution is -0.152. The Morgan fingerprint density at radius 1 is 1.56 bits per heavy atom. The van der Waals surface area contributed by atoms with Crippen molar-refractivity contribution in [1.82, 2.24) is 5.32 Å². The third kappa shape index (κ3) is 3.20. The zero-order chi connectivity index (χ0) is 13.8. The van der Waals surface area contributed by atoms with Crippen LogP contribution in [0.2, 0.25) is 0 Å². The molecule has 18 heavy (non-hydrogen) atoms. The summed E-state index contributed by atoms with van der Waals surface area (Å²) in [5.74, 6) is -1.22. The second kappa shape index (κ2) is 6.15. The van der Waals surface area contributed by atoms with Gasteiger partial charge in [-0.2, -0.15) is 0 Å². The molecule has 1 aliphatic carbocycles. The fraction of sp³-hybridized carbons (Fsp3) is 0.833. The van der Waals surface area contributed by atoms with Crippen molar-refractivity contribution in [2.24, 2.45) is 11.1 Å². The zero-order valence-electron chi connectivity index (χ0n) is 10.9. The predicted octanol–water partition coefficient (Wildman–Crippen LogP) is 0.110. The quantitative estimate of drug-likeness (QED) is 0.649. The number of amides is 1. The second-order valence-corrected chi connectivity index (χ2v) is 5.09. The topological polar surface area (TPSA) is 102 Å². The highest BCUT2D eigenvalue weighted by Gasteiger charge is 2.44. The first-order valence-corrected chi connectivity index (χ1v) is 6.20. The Bertz CT molecular complexity index is 321. The molecule has 6 nitrogen and oxygen atoms in total. The monoisotopic (exact) mass is 258 g/mol. The molecule has 3 atom stereocenters. The Hall–Kier alpha value is -1.14. The highest BCUT2D eigenvalue weighted by Crippen LogP contribution is 2.36. The molecular weight excluding hydrogens is 236 g/mol. The number of hydrogen-bond donors (Lipinski definition) is 3. The van der Waals surface area contributed by atoms with Gasteiger partial charge < -0.3 is 20.9 Å². The average molecular weight is 258 g/mol. The van der Waals surface area contributed by atoms with Crippen LogP contribution < -0.4 is 11.1 Å². The number of nitrogens with one attached hydrogen (secondary N) is 1. The minimum atomic E-state index is -0.902. The summed E-state index contributed by atoms with van der Waals surface area (Å²) in [4.78, 5) is 23.2. The summed E-state index contributed by atoms with van der Waals surface area (Å²) in [6.07, 6.45) is 3.05. The summed E-state index contributed by atoms with van der Waals surface area (Å²) in [6.45, 7) is 1.81. The third-order valence-corrected chi connectivity index (χ3v) is 3.70. The van der Waals surface area contributed by atoms with Crippen LogP contribution in [0.1, 0.15) is 32.6 Å². The molecule has 1 aliphatic rings. The molecule has 104 valence electrons. The number of ether oxygens (including phenoxy) is 1. The van der Waals surface area contributed by atoms with Crippen LogP contribution in [0, 0.1) is 5.41 Å². The summed E-state index contributed by atoms with van der Waals surface area (Å²) in [7, 11) is 1.47. The van der Waals surface area contributed by atoms with Crippen LogP contribution in [0.3, 0.4) is 0 Å². The maximum Gasteiger partial charge on any atom is 0.311 e. The van der Waals surface area contributed by atoms with E-state index >= 15 is 0 Å². The highest BCUT2D eigenvalue weighted by atomic mass is 16.5. The van der Waals surface area contributed by atoms with Crippen molar-refractivity contribution >= 4 is 11.9 Å². The van der Waals surface area contributed by atoms with Crippen molar-refractivity contribution in [3.63, 3.8) is 0 Å². The van der Waals surface area contributed by atoms with Gasteiger partial charge in [0.25, 0.3) is 0 Å². The lowest BCUT2D eigenvalue weighted by Gasteiger charge is -2.38. The van der Waals surface area contributed by atoms with E-state index in [0.29, 0.717) is 12.8 Å². The number of carboxylic acid groups (broad SMARTS) is 1. The first kappa shape index (κ1) is 14.9. The number of aliphatic carboxylic acids is 1. The van der Waals surface area contributed by atoms with Gasteiger partial charge >= 0.3 is 5.97 Å². The number of methoxy groups -OCH3 is 1. The fourth-order valence-corrected chi connectivity index (χ4v) is 2.35. The van der Waals surface area contributed by atoms with Gasteiger partial charge in [-0.3, -0.25) is 9.59 Å². The molecule has 0 heterocycles. The molecule has 3 unspecified atom stereocenters. The molecule has 0 radical (unpaired) electrons. The number of hydrogen-bond acceptors (Lipinski definition) is 4. The van der Waals surface area contributed by atoms with E-state index in [1.54, 1.807) is 6.92 Å². The summed E-state index contributed by atoms with van der Waals surface area (Å²) < 4.78 is 4.81. The van der Waals surface area contributed by atoms with Crippen molar-refractivity contribution in [3.8, 4) is 0 Å². The summed E-state index contributed by atoms with van der Waals surface area (Å²) in [6, 6.07) is -1.12. The van der Waals surface area contributed by atoms with Crippen molar-refractivity contribution in [2.45, 2.75) is 44.7 Å². The summed E-state index contributed by atoms with van der Waals surface area (Å²) in [5.41, 5.74) is 4.72. The number of carboxylic acids is 1. The molecule has 1 saturated carbocycles. The minimum absolute atomic E-state index is 0.127. The van der Waals surface area contributed by atoms with Gasteiger partial charge in [0.15, 0.2) is 0 Å². The van der Waals surface area contributed by atoms with E-state index < -0.39 is 17.4 Å². The Balaban J connectivity index is 2.68. The molecule has 0 bridgehead atoms. The Morgan fingerprint density at radius 2 is 2.22 bits per heavy atom. The second-order valence-electron chi connectivity index (χ2n) is 5.09. The van der Waals surface area contributed by atoms with Gasteiger partial charge in [0.05, 0.1) is 12.0 Å². The molecule has 0 saturated heterocycles. The lowest BCUT2D eigenvalue weighted by atomic mass is 9.71. The molecular formula is C12H22N2O4. The van der Waals surface area contributed by atoms with E-state index in [1.807, 2.05) is 0 Å². The van der Waals surface area contributed by atoms with Crippen molar-refractivity contribution in [1.29, 1.82) is 0 Å². The van der Waals surface area contributed by atoms with E-state index in [4.69, 9.17) is 10.5 Å². The van der Waals surface area contributed by atoms with Gasteiger partial charge in [-0.25, -0.2) is 0 Å². The first-order valence-electron chi connectivity index (χ1n) is 6.20. The molecule has 6 heteroatoms. The zero-order valence-corrected chi connectivity index (χ0v) is 10.9. The van der Waals surface area contributed by atoms with Crippen LogP contribution in [-0.2, 0) is 14.3 Å². The minimum Gasteiger partial charge on any atom is -0.481 e. The molecule has 1 fully saturated rings. The largest absolute Gasteiger partial charge is 0.481 e. The highest BCUT2D eigenvalue weighted by molar-refractivity contribution is 5.83. The lowest BCUT2D eigenvalue weighted by Crippen LogP contribution is -2.56. The van der Waals surface area contributed by atoms with Crippen LogP contribution >= 0.6 is 0 Å². The van der Waals surface area contributed by atoms with E-state index in [-0.39, 0.29) is 18.6 Å². The Morgan fingerprint density at radius 3 is 2.78 bits per heavy atom. The maximum atomic E-state index is 11.8. The third-order valence-electron chi connectivity index (χ3n) is 3.70. The standard InChI is InChI=1S/C12H22N2O4/c1-12(11(16)17)6-4-3-5-9(12)14-10(15)8(13)7-18-2/h8-9H,3-7,13H2,1-2H3,(H,14,15)(H,16,17). The predicted molar refractivity (Wildman–Crippen MR) is 66.0 cm³/mol. The molecule has 0 aromatic rings. The van der Waals surface area contributed by atoms with Crippen LogP contribution in [0.15, 0.2) is 0 Å². The number of carbonyl (C=O) groups excluding carboxylic acids is 1. The van der Waals surface area contributed by atoms with Gasteiger partial charge in [0.1, 0.15) is 6.04 Å². The van der Waals surface area contributed by atoms with Crippen molar-refractivity contribution in [2.75, 3.05) is 13.7 Å². The Labute approximate surface area is 107 Å². The maximum absolute atomic E-state index is 11.8. The van der Waals surface area contributed by atoms with Gasteiger partial charge in [0, 0.05) is 13.2 Å². The van der Waals surface area contributed by atoms with Gasteiger partial charge in [-0.15, -0.1) is 0 Å².